The highest BCUT2D eigenvalue weighted by Crippen LogP contribution is 2.36. The lowest BCUT2D eigenvalue weighted by Crippen LogP contribution is -2.43. The fraction of sp³-hybridized carbons (Fsp3) is 0.519. The van der Waals surface area contributed by atoms with E-state index in [1.807, 2.05) is 45.0 Å². The quantitative estimate of drug-likeness (QED) is 0.492. The van der Waals surface area contributed by atoms with E-state index < -0.39 is 20.0 Å². The second-order valence-corrected chi connectivity index (χ2v) is 14.2. The number of aryl methyl sites for hydroxylation is 1. The average Bonchev–Trinajstić information content (AvgIpc) is 2.86. The summed E-state index contributed by atoms with van der Waals surface area (Å²) < 4.78 is 60.2. The van der Waals surface area contributed by atoms with Crippen molar-refractivity contribution in [1.29, 1.82) is 0 Å². The molecule has 2 aliphatic heterocycles. The van der Waals surface area contributed by atoms with Crippen molar-refractivity contribution in [2.45, 2.75) is 57.5 Å². The molecule has 2 heterocycles. The Morgan fingerprint density at radius 2 is 1.68 bits per heavy atom. The minimum atomic E-state index is -3.92. The normalized spacial score (nSPS) is 19.5. The van der Waals surface area contributed by atoms with Crippen LogP contribution in [0.5, 0.6) is 5.75 Å². The predicted octanol–water partition coefficient (Wildman–Crippen LogP) is 4.11. The summed E-state index contributed by atoms with van der Waals surface area (Å²) in [6.07, 6.45) is 3.11. The van der Waals surface area contributed by atoms with Crippen LogP contribution in [0.15, 0.2) is 47.4 Å². The molecular weight excluding hydrogens is 512 g/mol. The fourth-order valence-corrected chi connectivity index (χ4v) is 7.56. The number of anilines is 1. The zero-order valence-corrected chi connectivity index (χ0v) is 23.5. The summed E-state index contributed by atoms with van der Waals surface area (Å²) in [5.74, 6) is 0.384. The molecule has 0 bridgehead atoms. The van der Waals surface area contributed by atoms with Gasteiger partial charge in [0.1, 0.15) is 11.9 Å². The summed E-state index contributed by atoms with van der Waals surface area (Å²) in [4.78, 5) is 13.2. The summed E-state index contributed by atoms with van der Waals surface area (Å²) in [6.45, 7) is 7.11. The predicted molar refractivity (Wildman–Crippen MR) is 144 cm³/mol. The number of rotatable bonds is 8. The molecule has 1 fully saturated rings. The van der Waals surface area contributed by atoms with Crippen LogP contribution in [0, 0.1) is 11.8 Å². The molecule has 0 aliphatic carbocycles. The van der Waals surface area contributed by atoms with E-state index in [1.165, 1.54) is 27.0 Å². The highest BCUT2D eigenvalue weighted by Gasteiger charge is 2.37. The maximum Gasteiger partial charge on any atom is 0.264 e. The lowest BCUT2D eigenvalue weighted by atomic mass is 9.86. The van der Waals surface area contributed by atoms with Gasteiger partial charge in [0.2, 0.25) is 10.0 Å². The zero-order chi connectivity index (χ0) is 27.0. The Morgan fingerprint density at radius 1 is 1.03 bits per heavy atom. The van der Waals surface area contributed by atoms with Gasteiger partial charge in [0, 0.05) is 26.1 Å². The van der Waals surface area contributed by atoms with Crippen molar-refractivity contribution in [2.24, 2.45) is 11.8 Å². The number of benzene rings is 2. The largest absolute Gasteiger partial charge is 0.489 e. The number of piperidine rings is 1. The lowest BCUT2D eigenvalue weighted by Gasteiger charge is -2.36. The monoisotopic (exact) mass is 548 g/mol. The summed E-state index contributed by atoms with van der Waals surface area (Å²) in [5, 5.41) is 0. The van der Waals surface area contributed by atoms with E-state index in [9.17, 15) is 21.6 Å². The van der Waals surface area contributed by atoms with Gasteiger partial charge in [-0.3, -0.25) is 9.10 Å². The zero-order valence-electron chi connectivity index (χ0n) is 21.9. The Kier molecular flexibility index (Phi) is 8.02. The van der Waals surface area contributed by atoms with E-state index in [0.29, 0.717) is 43.9 Å². The maximum absolute atomic E-state index is 13.8. The van der Waals surface area contributed by atoms with Crippen molar-refractivity contribution in [3.63, 3.8) is 0 Å². The summed E-state index contributed by atoms with van der Waals surface area (Å²) in [5.41, 5.74) is 1.99. The second kappa shape index (κ2) is 10.7. The van der Waals surface area contributed by atoms with Crippen LogP contribution in [0.25, 0.3) is 0 Å². The maximum atomic E-state index is 13.8. The standard InChI is InChI=1S/C27H36N2O6S2/c1-5-20-6-8-22(9-7-20)29(18-19(2)3)37(33,34)23-10-11-26-24(16-23)25(30)17-27(35-26)21-12-14-28(15-13-21)36(4,31)32/h6-11,16,19,21,27H,5,12-15,17-18H2,1-4H3. The highest BCUT2D eigenvalue weighted by atomic mass is 32.2. The van der Waals surface area contributed by atoms with Gasteiger partial charge in [-0.1, -0.05) is 32.9 Å². The Balaban J connectivity index is 1.57. The summed E-state index contributed by atoms with van der Waals surface area (Å²) >= 11 is 0. The van der Waals surface area contributed by atoms with E-state index in [1.54, 1.807) is 6.07 Å². The number of hydrogen-bond donors (Lipinski definition) is 0. The molecule has 2 aliphatic rings. The fourth-order valence-electron chi connectivity index (χ4n) is 5.03. The second-order valence-electron chi connectivity index (χ2n) is 10.4. The van der Waals surface area contributed by atoms with Crippen molar-refractivity contribution >= 4 is 31.5 Å². The third-order valence-electron chi connectivity index (χ3n) is 7.16. The summed E-state index contributed by atoms with van der Waals surface area (Å²) in [7, 11) is -7.15. The molecule has 0 spiro atoms. The van der Waals surface area contributed by atoms with E-state index in [-0.39, 0.29) is 40.6 Å². The van der Waals surface area contributed by atoms with Gasteiger partial charge in [0.15, 0.2) is 5.78 Å². The van der Waals surface area contributed by atoms with Gasteiger partial charge in [0.25, 0.3) is 10.0 Å². The molecule has 0 radical (unpaired) electrons. The first-order valence-corrected chi connectivity index (χ1v) is 16.1. The minimum Gasteiger partial charge on any atom is -0.489 e. The molecule has 0 N–H and O–H groups in total. The molecule has 0 aromatic heterocycles. The third-order valence-corrected chi connectivity index (χ3v) is 10.3. The minimum absolute atomic E-state index is 0.0586. The van der Waals surface area contributed by atoms with Crippen LogP contribution in [0.2, 0.25) is 0 Å². The van der Waals surface area contributed by atoms with Crippen LogP contribution in [0.1, 0.15) is 56.0 Å². The van der Waals surface area contributed by atoms with E-state index in [4.69, 9.17) is 4.74 Å². The molecule has 1 atom stereocenters. The van der Waals surface area contributed by atoms with Gasteiger partial charge in [-0.15, -0.1) is 0 Å². The van der Waals surface area contributed by atoms with Crippen molar-refractivity contribution < 1.29 is 26.4 Å². The molecule has 202 valence electrons. The SMILES string of the molecule is CCc1ccc(N(CC(C)C)S(=O)(=O)c2ccc3c(c2)C(=O)CC(C2CCN(S(C)(=O)=O)CC2)O3)cc1. The molecule has 4 rings (SSSR count). The molecule has 2 aromatic rings. The molecule has 1 saturated heterocycles. The van der Waals surface area contributed by atoms with Crippen molar-refractivity contribution in [3.8, 4) is 5.75 Å². The molecule has 1 unspecified atom stereocenters. The first kappa shape index (κ1) is 27.6. The Labute approximate surface area is 220 Å². The number of carbonyl (C=O) groups excluding carboxylic acids is 1. The van der Waals surface area contributed by atoms with Crippen LogP contribution < -0.4 is 9.04 Å². The van der Waals surface area contributed by atoms with Crippen molar-refractivity contribution in [1.82, 2.24) is 4.31 Å². The Hall–Kier alpha value is -2.43. The van der Waals surface area contributed by atoms with E-state index in [2.05, 4.69) is 0 Å². The highest BCUT2D eigenvalue weighted by molar-refractivity contribution is 7.92. The third kappa shape index (κ3) is 6.02. The van der Waals surface area contributed by atoms with Gasteiger partial charge in [-0.25, -0.2) is 21.1 Å². The molecule has 10 heteroatoms. The van der Waals surface area contributed by atoms with Gasteiger partial charge in [0.05, 0.1) is 22.4 Å². The molecule has 8 nitrogen and oxygen atoms in total. The molecule has 0 saturated carbocycles. The summed E-state index contributed by atoms with van der Waals surface area (Å²) in [6, 6.07) is 12.0. The van der Waals surface area contributed by atoms with Gasteiger partial charge >= 0.3 is 0 Å². The van der Waals surface area contributed by atoms with E-state index in [0.717, 1.165) is 12.0 Å². The number of sulfonamides is 2. The van der Waals surface area contributed by atoms with Crippen LogP contribution in [-0.2, 0) is 26.5 Å². The Morgan fingerprint density at radius 3 is 2.24 bits per heavy atom. The van der Waals surface area contributed by atoms with Crippen LogP contribution >= 0.6 is 0 Å². The van der Waals surface area contributed by atoms with Crippen molar-refractivity contribution in [2.75, 3.05) is 30.2 Å². The van der Waals surface area contributed by atoms with Crippen LogP contribution in [0.4, 0.5) is 5.69 Å². The smallest absolute Gasteiger partial charge is 0.264 e. The number of fused-ring (bicyclic) bond motifs is 1. The van der Waals surface area contributed by atoms with Gasteiger partial charge in [-0.05, 0) is 67.0 Å². The van der Waals surface area contributed by atoms with Crippen molar-refractivity contribution in [3.05, 3.63) is 53.6 Å². The average molecular weight is 549 g/mol. The lowest BCUT2D eigenvalue weighted by molar-refractivity contribution is 0.0620. The molecule has 0 amide bonds. The van der Waals surface area contributed by atoms with Gasteiger partial charge < -0.3 is 4.74 Å². The molecule has 2 aromatic carbocycles. The van der Waals surface area contributed by atoms with Gasteiger partial charge in [-0.2, -0.15) is 0 Å². The number of Topliss-reactive ketones (excluding diaryl/α,β-unsaturated/α-hetero) is 1. The number of ether oxygens (including phenoxy) is 1. The number of hydrogen-bond acceptors (Lipinski definition) is 6. The topological polar surface area (TPSA) is 101 Å². The number of ketones is 1. The van der Waals surface area contributed by atoms with Crippen LogP contribution in [0.3, 0.4) is 0 Å². The molecular formula is C27H36N2O6S2. The molecule has 37 heavy (non-hydrogen) atoms. The van der Waals surface area contributed by atoms with Crippen LogP contribution in [-0.4, -0.2) is 58.9 Å². The Bertz CT molecular complexity index is 1350. The van der Waals surface area contributed by atoms with E-state index >= 15 is 0 Å². The first-order chi connectivity index (χ1) is 17.4. The number of carbonyl (C=O) groups is 1. The number of nitrogens with zero attached hydrogens (tertiary/aromatic N) is 2. The first-order valence-electron chi connectivity index (χ1n) is 12.8.